The Balaban J connectivity index is 1.45. The second-order valence-corrected chi connectivity index (χ2v) is 7.67. The van der Waals surface area contributed by atoms with Crippen molar-refractivity contribution >= 4 is 6.21 Å². The number of allylic oxidation sites excluding steroid dienone is 1. The minimum atomic E-state index is -0.763. The van der Waals surface area contributed by atoms with E-state index in [0.29, 0.717) is 18.5 Å². The lowest BCUT2D eigenvalue weighted by Crippen LogP contribution is -2.40. The standard InChI is InChI=1S/C24H32N4O2/c1-2-8-21-11-6-12-22(24(21)30)17-25-26-23(29)19-28-14-7-13-27(15-16-28)18-20-9-4-3-5-10-20/h2-6,9-12,17,23,26,29-30H,1,7-8,13-16,18-19H2/b25-17+. The SMILES string of the molecule is C=CCc1cccc(/C=N/NC(O)CN2CCCN(Cc3ccccc3)CC2)c1O. The van der Waals surface area contributed by atoms with Crippen LogP contribution in [-0.2, 0) is 13.0 Å². The molecule has 6 nitrogen and oxygen atoms in total. The zero-order valence-corrected chi connectivity index (χ0v) is 17.5. The molecule has 1 aliphatic rings. The van der Waals surface area contributed by atoms with Gasteiger partial charge in [0.2, 0.25) is 0 Å². The van der Waals surface area contributed by atoms with Crippen LogP contribution in [0, 0.1) is 0 Å². The molecule has 0 bridgehead atoms. The zero-order chi connectivity index (χ0) is 21.2. The van der Waals surface area contributed by atoms with Gasteiger partial charge in [-0.05, 0) is 43.1 Å². The number of nitrogens with zero attached hydrogens (tertiary/aromatic N) is 3. The highest BCUT2D eigenvalue weighted by Crippen LogP contribution is 2.21. The fourth-order valence-corrected chi connectivity index (χ4v) is 3.72. The highest BCUT2D eigenvalue weighted by atomic mass is 16.3. The van der Waals surface area contributed by atoms with Gasteiger partial charge in [-0.2, -0.15) is 5.10 Å². The number of nitrogens with one attached hydrogen (secondary N) is 1. The number of hydrogen-bond donors (Lipinski definition) is 3. The van der Waals surface area contributed by atoms with Crippen molar-refractivity contribution in [2.24, 2.45) is 5.10 Å². The van der Waals surface area contributed by atoms with E-state index in [1.54, 1.807) is 12.1 Å². The number of aliphatic hydroxyl groups is 1. The summed E-state index contributed by atoms with van der Waals surface area (Å²) in [5.74, 6) is 0.198. The lowest BCUT2D eigenvalue weighted by Gasteiger charge is -2.23. The van der Waals surface area contributed by atoms with E-state index in [-0.39, 0.29) is 5.75 Å². The molecule has 160 valence electrons. The van der Waals surface area contributed by atoms with E-state index in [9.17, 15) is 10.2 Å². The Hall–Kier alpha value is -2.67. The molecule has 0 aliphatic carbocycles. The minimum Gasteiger partial charge on any atom is -0.507 e. The first-order valence-electron chi connectivity index (χ1n) is 10.5. The Morgan fingerprint density at radius 1 is 1.03 bits per heavy atom. The molecule has 0 saturated carbocycles. The van der Waals surface area contributed by atoms with E-state index < -0.39 is 6.23 Å². The van der Waals surface area contributed by atoms with Crippen LogP contribution in [0.2, 0.25) is 0 Å². The van der Waals surface area contributed by atoms with Crippen LogP contribution >= 0.6 is 0 Å². The number of hydrogen-bond acceptors (Lipinski definition) is 6. The molecule has 0 radical (unpaired) electrons. The van der Waals surface area contributed by atoms with Crippen LogP contribution in [0.5, 0.6) is 5.75 Å². The van der Waals surface area contributed by atoms with Crippen LogP contribution in [0.25, 0.3) is 0 Å². The summed E-state index contributed by atoms with van der Waals surface area (Å²) < 4.78 is 0. The summed E-state index contributed by atoms with van der Waals surface area (Å²) in [6.07, 6.45) is 4.20. The predicted molar refractivity (Wildman–Crippen MR) is 122 cm³/mol. The summed E-state index contributed by atoms with van der Waals surface area (Å²) in [4.78, 5) is 4.73. The molecule has 1 aliphatic heterocycles. The van der Waals surface area contributed by atoms with Crippen LogP contribution in [0.1, 0.15) is 23.1 Å². The van der Waals surface area contributed by atoms with Gasteiger partial charge < -0.3 is 10.2 Å². The average Bonchev–Trinajstić information content (AvgIpc) is 2.96. The molecular weight excluding hydrogens is 376 g/mol. The Labute approximate surface area is 179 Å². The predicted octanol–water partition coefficient (Wildman–Crippen LogP) is 2.57. The first-order chi connectivity index (χ1) is 14.7. The van der Waals surface area contributed by atoms with Gasteiger partial charge in [0.1, 0.15) is 5.75 Å². The van der Waals surface area contributed by atoms with Gasteiger partial charge >= 0.3 is 0 Å². The number of hydrazone groups is 1. The van der Waals surface area contributed by atoms with Crippen LogP contribution in [0.4, 0.5) is 0 Å². The van der Waals surface area contributed by atoms with E-state index in [4.69, 9.17) is 0 Å². The molecule has 30 heavy (non-hydrogen) atoms. The van der Waals surface area contributed by atoms with Gasteiger partial charge in [0, 0.05) is 31.7 Å². The van der Waals surface area contributed by atoms with Crippen molar-refractivity contribution in [1.82, 2.24) is 15.2 Å². The maximum Gasteiger partial charge on any atom is 0.152 e. The number of aromatic hydroxyl groups is 1. The molecule has 3 rings (SSSR count). The molecule has 0 aromatic heterocycles. The summed E-state index contributed by atoms with van der Waals surface area (Å²) in [6.45, 7) is 9.10. The van der Waals surface area contributed by atoms with Crippen LogP contribution < -0.4 is 5.43 Å². The smallest absolute Gasteiger partial charge is 0.152 e. The van der Waals surface area contributed by atoms with Gasteiger partial charge in [0.15, 0.2) is 6.23 Å². The number of phenolic OH excluding ortho intramolecular Hbond substituents is 1. The van der Waals surface area contributed by atoms with Crippen molar-refractivity contribution < 1.29 is 10.2 Å². The molecule has 1 heterocycles. The van der Waals surface area contributed by atoms with Gasteiger partial charge in [0.25, 0.3) is 0 Å². The second-order valence-electron chi connectivity index (χ2n) is 7.67. The number of aliphatic hydroxyl groups excluding tert-OH is 1. The van der Waals surface area contributed by atoms with Crippen LogP contribution in [0.3, 0.4) is 0 Å². The maximum absolute atomic E-state index is 10.3. The highest BCUT2D eigenvalue weighted by molar-refractivity contribution is 5.83. The number of benzene rings is 2. The third kappa shape index (κ3) is 6.69. The monoisotopic (exact) mass is 408 g/mol. The number of para-hydroxylation sites is 1. The van der Waals surface area contributed by atoms with Crippen molar-refractivity contribution in [3.05, 3.63) is 77.9 Å². The summed E-state index contributed by atoms with van der Waals surface area (Å²) >= 11 is 0. The third-order valence-electron chi connectivity index (χ3n) is 5.30. The van der Waals surface area contributed by atoms with Gasteiger partial charge in [-0.3, -0.25) is 15.2 Å². The molecule has 1 unspecified atom stereocenters. The molecule has 1 atom stereocenters. The lowest BCUT2D eigenvalue weighted by atomic mass is 10.1. The van der Waals surface area contributed by atoms with E-state index in [1.807, 2.05) is 18.2 Å². The largest absolute Gasteiger partial charge is 0.507 e. The summed E-state index contributed by atoms with van der Waals surface area (Å²) in [5.41, 5.74) is 5.52. The number of rotatable bonds is 9. The van der Waals surface area contributed by atoms with Crippen molar-refractivity contribution in [3.63, 3.8) is 0 Å². The molecule has 3 N–H and O–H groups in total. The van der Waals surface area contributed by atoms with Crippen molar-refractivity contribution in [3.8, 4) is 5.75 Å². The van der Waals surface area contributed by atoms with E-state index in [1.165, 1.54) is 11.8 Å². The minimum absolute atomic E-state index is 0.198. The van der Waals surface area contributed by atoms with E-state index in [0.717, 1.165) is 44.7 Å². The molecule has 6 heteroatoms. The normalized spacial score (nSPS) is 17.0. The van der Waals surface area contributed by atoms with Gasteiger partial charge in [-0.25, -0.2) is 0 Å². The van der Waals surface area contributed by atoms with Crippen molar-refractivity contribution in [1.29, 1.82) is 0 Å². The molecule has 1 fully saturated rings. The second kappa shape index (κ2) is 11.5. The van der Waals surface area contributed by atoms with Gasteiger partial charge in [0.05, 0.1) is 6.21 Å². The first kappa shape index (κ1) is 22.0. The molecule has 2 aromatic carbocycles. The Kier molecular flexibility index (Phi) is 8.44. The summed E-state index contributed by atoms with van der Waals surface area (Å²) in [7, 11) is 0. The summed E-state index contributed by atoms with van der Waals surface area (Å²) in [6, 6.07) is 16.1. The topological polar surface area (TPSA) is 71.3 Å². The van der Waals surface area contributed by atoms with Crippen molar-refractivity contribution in [2.45, 2.75) is 25.6 Å². The molecule has 2 aromatic rings. The Morgan fingerprint density at radius 3 is 2.60 bits per heavy atom. The molecule has 0 amide bonds. The number of phenols is 1. The van der Waals surface area contributed by atoms with Crippen molar-refractivity contribution in [2.75, 3.05) is 32.7 Å². The summed E-state index contributed by atoms with van der Waals surface area (Å²) in [5, 5.41) is 24.7. The lowest BCUT2D eigenvalue weighted by molar-refractivity contribution is 0.0875. The molecular formula is C24H32N4O2. The van der Waals surface area contributed by atoms with E-state index in [2.05, 4.69) is 51.2 Å². The highest BCUT2D eigenvalue weighted by Gasteiger charge is 2.17. The van der Waals surface area contributed by atoms with Crippen LogP contribution in [0.15, 0.2) is 66.3 Å². The number of β-amino-alcohol motifs (C(OH)–C–C–N with tert-alkyl or cyclic N) is 1. The molecule has 1 saturated heterocycles. The first-order valence-corrected chi connectivity index (χ1v) is 10.5. The Bertz CT molecular complexity index is 825. The average molecular weight is 409 g/mol. The quantitative estimate of drug-likeness (QED) is 0.257. The fraction of sp³-hybridized carbons (Fsp3) is 0.375. The van der Waals surface area contributed by atoms with E-state index >= 15 is 0 Å². The molecule has 0 spiro atoms. The third-order valence-corrected chi connectivity index (χ3v) is 5.30. The van der Waals surface area contributed by atoms with Gasteiger partial charge in [-0.1, -0.05) is 48.5 Å². The van der Waals surface area contributed by atoms with Crippen LogP contribution in [-0.4, -0.2) is 65.2 Å². The maximum atomic E-state index is 10.3. The Morgan fingerprint density at radius 2 is 1.80 bits per heavy atom. The zero-order valence-electron chi connectivity index (χ0n) is 17.5. The fourth-order valence-electron chi connectivity index (χ4n) is 3.72. The van der Waals surface area contributed by atoms with Gasteiger partial charge in [-0.15, -0.1) is 6.58 Å².